The molecule has 0 aromatic heterocycles. The molecule has 0 aromatic carbocycles. The van der Waals surface area contributed by atoms with Gasteiger partial charge < -0.3 is 5.11 Å². The molecule has 86 valence electrons. The van der Waals surface area contributed by atoms with E-state index in [4.69, 9.17) is 5.11 Å². The van der Waals surface area contributed by atoms with Crippen molar-refractivity contribution in [3.63, 3.8) is 0 Å². The van der Waals surface area contributed by atoms with Gasteiger partial charge in [0.2, 0.25) is 0 Å². The zero-order valence-electron chi connectivity index (χ0n) is 9.83. The molecule has 0 spiro atoms. The highest BCUT2D eigenvalue weighted by Crippen LogP contribution is 2.37. The Labute approximate surface area is 92.4 Å². The van der Waals surface area contributed by atoms with E-state index in [0.29, 0.717) is 12.3 Å². The molecule has 0 fully saturated rings. The number of hydrogen-bond acceptors (Lipinski definition) is 1. The Morgan fingerprint density at radius 1 is 1.53 bits per heavy atom. The average Bonchev–Trinajstić information content (AvgIpc) is 2.18. The second kappa shape index (κ2) is 5.34. The molecule has 2 heteroatoms. The molecule has 0 bridgehead atoms. The highest BCUT2D eigenvalue weighted by molar-refractivity contribution is 5.74. The lowest BCUT2D eigenvalue weighted by atomic mass is 9.73. The Bertz CT molecular complexity index is 245. The zero-order valence-corrected chi connectivity index (χ0v) is 9.83. The molecule has 0 saturated heterocycles. The molecule has 1 N–H and O–H groups in total. The van der Waals surface area contributed by atoms with Crippen LogP contribution >= 0.6 is 0 Å². The van der Waals surface area contributed by atoms with Gasteiger partial charge in [0.1, 0.15) is 0 Å². The standard InChI is InChI=1S/C13H22O2/c1-3-4-5-7-11-8-6-9-13(2,10-11)12(14)15/h6,8,11H,3-5,7,9-10H2,1-2H3,(H,14,15). The van der Waals surface area contributed by atoms with E-state index >= 15 is 0 Å². The van der Waals surface area contributed by atoms with Crippen molar-refractivity contribution in [3.05, 3.63) is 12.2 Å². The molecule has 0 heterocycles. The average molecular weight is 210 g/mol. The minimum Gasteiger partial charge on any atom is -0.481 e. The highest BCUT2D eigenvalue weighted by Gasteiger charge is 2.35. The quantitative estimate of drug-likeness (QED) is 0.556. The predicted octanol–water partition coefficient (Wildman–Crippen LogP) is 3.62. The maximum Gasteiger partial charge on any atom is 0.309 e. The molecule has 1 aliphatic rings. The first-order valence-electron chi connectivity index (χ1n) is 5.98. The lowest BCUT2D eigenvalue weighted by molar-refractivity contribution is -0.149. The molecule has 2 atom stereocenters. The van der Waals surface area contributed by atoms with Gasteiger partial charge in [-0.25, -0.2) is 0 Å². The van der Waals surface area contributed by atoms with Crippen molar-refractivity contribution in [1.82, 2.24) is 0 Å². The molecule has 15 heavy (non-hydrogen) atoms. The number of carboxylic acid groups (broad SMARTS) is 1. The first kappa shape index (κ1) is 12.3. The summed E-state index contributed by atoms with van der Waals surface area (Å²) in [7, 11) is 0. The summed E-state index contributed by atoms with van der Waals surface area (Å²) in [6.45, 7) is 4.06. The van der Waals surface area contributed by atoms with Gasteiger partial charge in [0, 0.05) is 0 Å². The lowest BCUT2D eigenvalue weighted by Crippen LogP contribution is -2.31. The van der Waals surface area contributed by atoms with Crippen molar-refractivity contribution in [2.24, 2.45) is 11.3 Å². The van der Waals surface area contributed by atoms with Crippen LogP contribution in [0.5, 0.6) is 0 Å². The van der Waals surface area contributed by atoms with E-state index in [-0.39, 0.29) is 0 Å². The smallest absolute Gasteiger partial charge is 0.309 e. The summed E-state index contributed by atoms with van der Waals surface area (Å²) in [6.07, 6.45) is 10.6. The van der Waals surface area contributed by atoms with Crippen LogP contribution in [0, 0.1) is 11.3 Å². The predicted molar refractivity (Wildman–Crippen MR) is 61.7 cm³/mol. The molecule has 1 aliphatic carbocycles. The number of carboxylic acids is 1. The van der Waals surface area contributed by atoms with Crippen molar-refractivity contribution in [2.75, 3.05) is 0 Å². The molecule has 0 saturated carbocycles. The van der Waals surface area contributed by atoms with Crippen LogP contribution in [0.4, 0.5) is 0 Å². The first-order chi connectivity index (χ1) is 7.08. The van der Waals surface area contributed by atoms with E-state index in [1.807, 2.05) is 13.0 Å². The van der Waals surface area contributed by atoms with E-state index < -0.39 is 11.4 Å². The molecule has 2 nitrogen and oxygen atoms in total. The second-order valence-electron chi connectivity index (χ2n) is 4.96. The first-order valence-corrected chi connectivity index (χ1v) is 5.98. The van der Waals surface area contributed by atoms with Crippen molar-refractivity contribution >= 4 is 5.97 Å². The largest absolute Gasteiger partial charge is 0.481 e. The Morgan fingerprint density at radius 2 is 2.27 bits per heavy atom. The topological polar surface area (TPSA) is 37.3 Å². The number of aliphatic carboxylic acids is 1. The van der Waals surface area contributed by atoms with Crippen LogP contribution in [0.2, 0.25) is 0 Å². The SMILES string of the molecule is CCCCCC1C=CCC(C)(C(=O)O)C1. The van der Waals surface area contributed by atoms with Gasteiger partial charge in [-0.2, -0.15) is 0 Å². The van der Waals surface area contributed by atoms with Gasteiger partial charge in [0.05, 0.1) is 5.41 Å². The van der Waals surface area contributed by atoms with Crippen LogP contribution in [0.15, 0.2) is 12.2 Å². The van der Waals surface area contributed by atoms with Crippen LogP contribution in [0.3, 0.4) is 0 Å². The summed E-state index contributed by atoms with van der Waals surface area (Å²) in [5.41, 5.74) is -0.522. The molecule has 0 aromatic rings. The van der Waals surface area contributed by atoms with Gasteiger partial charge in [-0.3, -0.25) is 4.79 Å². The Morgan fingerprint density at radius 3 is 2.87 bits per heavy atom. The monoisotopic (exact) mass is 210 g/mol. The van der Waals surface area contributed by atoms with Gasteiger partial charge in [0.25, 0.3) is 0 Å². The summed E-state index contributed by atoms with van der Waals surface area (Å²) in [4.78, 5) is 11.1. The fraction of sp³-hybridized carbons (Fsp3) is 0.769. The number of rotatable bonds is 5. The normalized spacial score (nSPS) is 30.4. The summed E-state index contributed by atoms with van der Waals surface area (Å²) in [5.74, 6) is -0.168. The third-order valence-electron chi connectivity index (χ3n) is 3.38. The Balaban J connectivity index is 2.45. The van der Waals surface area contributed by atoms with E-state index in [9.17, 15) is 4.79 Å². The molecule has 0 aliphatic heterocycles. The van der Waals surface area contributed by atoms with Crippen molar-refractivity contribution in [2.45, 2.75) is 52.4 Å². The zero-order chi connectivity index (χ0) is 11.3. The summed E-state index contributed by atoms with van der Waals surface area (Å²) in [6, 6.07) is 0. The third kappa shape index (κ3) is 3.37. The van der Waals surface area contributed by atoms with Crippen molar-refractivity contribution < 1.29 is 9.90 Å². The van der Waals surface area contributed by atoms with E-state index in [2.05, 4.69) is 13.0 Å². The summed E-state index contributed by atoms with van der Waals surface area (Å²) < 4.78 is 0. The Hall–Kier alpha value is -0.790. The van der Waals surface area contributed by atoms with E-state index in [0.717, 1.165) is 12.8 Å². The van der Waals surface area contributed by atoms with Crippen LogP contribution in [-0.2, 0) is 4.79 Å². The van der Waals surface area contributed by atoms with Gasteiger partial charge in [-0.1, -0.05) is 38.3 Å². The molecular formula is C13H22O2. The molecule has 0 amide bonds. The van der Waals surface area contributed by atoms with Crippen LogP contribution < -0.4 is 0 Å². The molecule has 2 unspecified atom stereocenters. The number of hydrogen-bond donors (Lipinski definition) is 1. The maximum absolute atomic E-state index is 11.1. The van der Waals surface area contributed by atoms with E-state index in [1.54, 1.807) is 0 Å². The lowest BCUT2D eigenvalue weighted by Gasteiger charge is -2.30. The van der Waals surface area contributed by atoms with Gasteiger partial charge in [-0.15, -0.1) is 0 Å². The number of carbonyl (C=O) groups is 1. The summed E-state index contributed by atoms with van der Waals surface area (Å²) in [5, 5.41) is 9.15. The molecular weight excluding hydrogens is 188 g/mol. The van der Waals surface area contributed by atoms with Crippen LogP contribution in [-0.4, -0.2) is 11.1 Å². The van der Waals surface area contributed by atoms with Crippen LogP contribution in [0.25, 0.3) is 0 Å². The maximum atomic E-state index is 11.1. The van der Waals surface area contributed by atoms with Gasteiger partial charge >= 0.3 is 5.97 Å². The summed E-state index contributed by atoms with van der Waals surface area (Å²) >= 11 is 0. The number of unbranched alkanes of at least 4 members (excludes halogenated alkanes) is 2. The Kier molecular flexibility index (Phi) is 4.37. The van der Waals surface area contributed by atoms with E-state index in [1.165, 1.54) is 19.3 Å². The van der Waals surface area contributed by atoms with Crippen molar-refractivity contribution in [3.8, 4) is 0 Å². The minimum atomic E-state index is -0.646. The van der Waals surface area contributed by atoms with Crippen molar-refractivity contribution in [1.29, 1.82) is 0 Å². The van der Waals surface area contributed by atoms with Gasteiger partial charge in [-0.05, 0) is 32.1 Å². The van der Waals surface area contributed by atoms with Crippen LogP contribution in [0.1, 0.15) is 52.4 Å². The minimum absolute atomic E-state index is 0.478. The molecule has 1 rings (SSSR count). The second-order valence-corrected chi connectivity index (χ2v) is 4.96. The fourth-order valence-electron chi connectivity index (χ4n) is 2.28. The van der Waals surface area contributed by atoms with Gasteiger partial charge in [0.15, 0.2) is 0 Å². The highest BCUT2D eigenvalue weighted by atomic mass is 16.4. The molecule has 0 radical (unpaired) electrons. The number of allylic oxidation sites excluding steroid dienone is 2. The fourth-order valence-corrected chi connectivity index (χ4v) is 2.28. The third-order valence-corrected chi connectivity index (χ3v) is 3.38.